The molecule has 8 rings (SSSR count). The number of benzene rings is 7. The molecule has 0 heterocycles. The molecule has 1 aliphatic rings. The van der Waals surface area contributed by atoms with Gasteiger partial charge >= 0.3 is 0 Å². The highest BCUT2D eigenvalue weighted by molar-refractivity contribution is 6.27. The Kier molecular flexibility index (Phi) is 5.89. The summed E-state index contributed by atoms with van der Waals surface area (Å²) in [5, 5.41) is 7.90. The molecule has 0 N–H and O–H groups in total. The molecule has 0 amide bonds. The fourth-order valence-corrected chi connectivity index (χ4v) is 6.76. The molecule has 0 spiro atoms. The summed E-state index contributed by atoms with van der Waals surface area (Å²) in [6.07, 6.45) is 7.76. The maximum Gasteiger partial charge on any atom is 0.0458 e. The third-order valence-electron chi connectivity index (χ3n) is 8.75. The molecule has 1 nitrogen and oxygen atoms in total. The molecule has 1 heteroatoms. The van der Waals surface area contributed by atoms with Crippen molar-refractivity contribution in [3.8, 4) is 22.3 Å². The molecule has 7 aromatic rings. The molecule has 7 aromatic carbocycles. The Morgan fingerprint density at radius 1 is 0.524 bits per heavy atom. The summed E-state index contributed by atoms with van der Waals surface area (Å²) in [7, 11) is 0. The van der Waals surface area contributed by atoms with Crippen LogP contribution in [0.5, 0.6) is 0 Å². The second-order valence-electron chi connectivity index (χ2n) is 11.5. The van der Waals surface area contributed by atoms with Crippen LogP contribution in [0.4, 0.5) is 11.4 Å². The van der Waals surface area contributed by atoms with Gasteiger partial charge in [0.2, 0.25) is 0 Å². The van der Waals surface area contributed by atoms with E-state index in [-0.39, 0.29) is 0 Å². The lowest BCUT2D eigenvalue weighted by atomic mass is 9.87. The largest absolute Gasteiger partial charge is 0.314 e. The Morgan fingerprint density at radius 2 is 1.05 bits per heavy atom. The lowest BCUT2D eigenvalue weighted by Crippen LogP contribution is -2.19. The van der Waals surface area contributed by atoms with Crippen LogP contribution in [0.1, 0.15) is 13.3 Å². The summed E-state index contributed by atoms with van der Waals surface area (Å²) < 4.78 is 0. The molecule has 0 saturated carbocycles. The van der Waals surface area contributed by atoms with Gasteiger partial charge in [0, 0.05) is 17.1 Å². The molecule has 0 aromatic heterocycles. The fraction of sp³-hybridized carbons (Fsp3) is 0.0732. The van der Waals surface area contributed by atoms with Crippen LogP contribution in [-0.4, -0.2) is 0 Å². The van der Waals surface area contributed by atoms with E-state index in [2.05, 4.69) is 164 Å². The number of allylic oxidation sites excluding steroid dienone is 4. The SMILES string of the molecule is CC1C=CC=C(N(c2ccccc2)c2ccc(-c3ccc4ccc5c(-c6ccccc6)ccc6ccc3c4c65)cc2)C1. The molecule has 0 aliphatic heterocycles. The van der Waals surface area contributed by atoms with E-state index in [1.807, 2.05) is 0 Å². The van der Waals surface area contributed by atoms with E-state index in [1.54, 1.807) is 0 Å². The minimum atomic E-state index is 0.523. The van der Waals surface area contributed by atoms with Gasteiger partial charge in [-0.1, -0.05) is 128 Å². The van der Waals surface area contributed by atoms with Gasteiger partial charge in [0.15, 0.2) is 0 Å². The molecular weight excluding hydrogens is 506 g/mol. The fourth-order valence-electron chi connectivity index (χ4n) is 6.76. The van der Waals surface area contributed by atoms with Crippen molar-refractivity contribution >= 4 is 43.7 Å². The monoisotopic (exact) mass is 537 g/mol. The van der Waals surface area contributed by atoms with Crippen molar-refractivity contribution in [2.75, 3.05) is 4.90 Å². The second-order valence-corrected chi connectivity index (χ2v) is 11.5. The number of hydrogen-bond donors (Lipinski definition) is 0. The number of hydrogen-bond acceptors (Lipinski definition) is 1. The van der Waals surface area contributed by atoms with Crippen LogP contribution in [0.15, 0.2) is 157 Å². The van der Waals surface area contributed by atoms with Crippen LogP contribution < -0.4 is 4.90 Å². The van der Waals surface area contributed by atoms with Crippen molar-refractivity contribution in [1.82, 2.24) is 0 Å². The molecule has 1 aliphatic carbocycles. The van der Waals surface area contributed by atoms with Gasteiger partial charge in [0.1, 0.15) is 0 Å². The summed E-state index contributed by atoms with van der Waals surface area (Å²) in [4.78, 5) is 2.40. The average Bonchev–Trinajstić information content (AvgIpc) is 3.05. The van der Waals surface area contributed by atoms with Gasteiger partial charge in [0.25, 0.3) is 0 Å². The first-order valence-electron chi connectivity index (χ1n) is 14.8. The molecule has 1 unspecified atom stereocenters. The Labute approximate surface area is 247 Å². The quantitative estimate of drug-likeness (QED) is 0.197. The second kappa shape index (κ2) is 10.0. The van der Waals surface area contributed by atoms with Gasteiger partial charge in [-0.15, -0.1) is 0 Å². The lowest BCUT2D eigenvalue weighted by Gasteiger charge is -2.30. The molecule has 0 radical (unpaired) electrons. The Bertz CT molecular complexity index is 2100. The van der Waals surface area contributed by atoms with E-state index < -0.39 is 0 Å². The Hall–Kier alpha value is -5.14. The summed E-state index contributed by atoms with van der Waals surface area (Å²) in [5.74, 6) is 0.523. The van der Waals surface area contributed by atoms with Crippen LogP contribution in [0.25, 0.3) is 54.6 Å². The first-order valence-corrected chi connectivity index (χ1v) is 14.8. The maximum absolute atomic E-state index is 2.40. The van der Waals surface area contributed by atoms with Crippen molar-refractivity contribution in [3.05, 3.63) is 157 Å². The minimum absolute atomic E-state index is 0.523. The zero-order valence-electron chi connectivity index (χ0n) is 23.7. The van der Waals surface area contributed by atoms with E-state index in [4.69, 9.17) is 0 Å². The van der Waals surface area contributed by atoms with E-state index >= 15 is 0 Å². The number of rotatable bonds is 5. The van der Waals surface area contributed by atoms with Crippen LogP contribution in [0.2, 0.25) is 0 Å². The van der Waals surface area contributed by atoms with Crippen molar-refractivity contribution in [2.45, 2.75) is 13.3 Å². The number of anilines is 2. The molecule has 200 valence electrons. The van der Waals surface area contributed by atoms with Crippen LogP contribution in [-0.2, 0) is 0 Å². The van der Waals surface area contributed by atoms with Crippen molar-refractivity contribution in [3.63, 3.8) is 0 Å². The molecule has 42 heavy (non-hydrogen) atoms. The molecular formula is C41H31N. The Balaban J connectivity index is 1.26. The number of para-hydroxylation sites is 1. The Morgan fingerprint density at radius 3 is 1.64 bits per heavy atom. The molecule has 1 atom stereocenters. The summed E-state index contributed by atoms with van der Waals surface area (Å²) in [6.45, 7) is 2.28. The van der Waals surface area contributed by atoms with Crippen molar-refractivity contribution < 1.29 is 0 Å². The normalized spacial score (nSPS) is 15.0. The first-order chi connectivity index (χ1) is 20.7. The summed E-state index contributed by atoms with van der Waals surface area (Å²) in [5.41, 5.74) is 8.74. The molecule has 0 saturated heterocycles. The highest BCUT2D eigenvalue weighted by atomic mass is 15.1. The van der Waals surface area contributed by atoms with Gasteiger partial charge in [0.05, 0.1) is 0 Å². The maximum atomic E-state index is 2.40. The number of nitrogens with zero attached hydrogens (tertiary/aromatic N) is 1. The van der Waals surface area contributed by atoms with E-state index in [9.17, 15) is 0 Å². The van der Waals surface area contributed by atoms with E-state index in [0.717, 1.165) is 6.42 Å². The van der Waals surface area contributed by atoms with Gasteiger partial charge in [-0.25, -0.2) is 0 Å². The summed E-state index contributed by atoms with van der Waals surface area (Å²) in [6, 6.07) is 48.9. The van der Waals surface area contributed by atoms with Crippen LogP contribution in [0, 0.1) is 5.92 Å². The zero-order chi connectivity index (χ0) is 28.0. The van der Waals surface area contributed by atoms with Crippen LogP contribution in [0.3, 0.4) is 0 Å². The highest BCUT2D eigenvalue weighted by Crippen LogP contribution is 2.43. The van der Waals surface area contributed by atoms with E-state index in [0.29, 0.717) is 5.92 Å². The van der Waals surface area contributed by atoms with Gasteiger partial charge < -0.3 is 4.90 Å². The zero-order valence-corrected chi connectivity index (χ0v) is 23.7. The standard InChI is InChI=1S/C41H31N/c1-28-9-8-14-35(27-28)42(33-12-6-3-7-13-33)34-21-15-30(16-22-34)37-24-18-32-19-25-38-36(29-10-4-2-5-11-29)23-17-31-20-26-39(37)41(32)40(31)38/h2-26,28H,27H2,1H3. The smallest absolute Gasteiger partial charge is 0.0458 e. The lowest BCUT2D eigenvalue weighted by molar-refractivity contribution is 0.696. The average molecular weight is 538 g/mol. The van der Waals surface area contributed by atoms with Crippen LogP contribution >= 0.6 is 0 Å². The molecule has 0 bridgehead atoms. The topological polar surface area (TPSA) is 3.24 Å². The third-order valence-corrected chi connectivity index (χ3v) is 8.75. The predicted molar refractivity (Wildman–Crippen MR) is 181 cm³/mol. The van der Waals surface area contributed by atoms with Crippen molar-refractivity contribution in [1.29, 1.82) is 0 Å². The van der Waals surface area contributed by atoms with Gasteiger partial charge in [-0.3, -0.25) is 0 Å². The first kappa shape index (κ1) is 24.6. The van der Waals surface area contributed by atoms with Gasteiger partial charge in [-0.05, 0) is 97.3 Å². The predicted octanol–water partition coefficient (Wildman–Crippen LogP) is 11.5. The summed E-state index contributed by atoms with van der Waals surface area (Å²) >= 11 is 0. The highest BCUT2D eigenvalue weighted by Gasteiger charge is 2.19. The van der Waals surface area contributed by atoms with Gasteiger partial charge in [-0.2, -0.15) is 0 Å². The van der Waals surface area contributed by atoms with Crippen molar-refractivity contribution in [2.24, 2.45) is 5.92 Å². The third kappa shape index (κ3) is 4.09. The molecule has 0 fully saturated rings. The minimum Gasteiger partial charge on any atom is -0.314 e. The van der Waals surface area contributed by atoms with E-state index in [1.165, 1.54) is 71.6 Å².